The second-order valence-electron chi connectivity index (χ2n) is 4.69. The first-order chi connectivity index (χ1) is 7.35. The van der Waals surface area contributed by atoms with Crippen molar-refractivity contribution in [3.8, 4) is 5.75 Å². The van der Waals surface area contributed by atoms with Crippen molar-refractivity contribution in [3.05, 3.63) is 29.6 Å². The Hall–Kier alpha value is -1.09. The van der Waals surface area contributed by atoms with Crippen LogP contribution in [0.25, 0.3) is 0 Å². The smallest absolute Gasteiger partial charge is 0.165 e. The van der Waals surface area contributed by atoms with E-state index in [0.29, 0.717) is 0 Å². The summed E-state index contributed by atoms with van der Waals surface area (Å²) in [5, 5.41) is 0. The minimum Gasteiger partial charge on any atom is -0.485 e. The van der Waals surface area contributed by atoms with Crippen LogP contribution in [0.3, 0.4) is 0 Å². The van der Waals surface area contributed by atoms with E-state index in [-0.39, 0.29) is 23.2 Å². The predicted molar refractivity (Wildman–Crippen MR) is 64.0 cm³/mol. The molecule has 0 radical (unpaired) electrons. The van der Waals surface area contributed by atoms with Gasteiger partial charge < -0.3 is 10.5 Å². The van der Waals surface area contributed by atoms with Crippen molar-refractivity contribution in [3.63, 3.8) is 0 Å². The highest BCUT2D eigenvalue weighted by Gasteiger charge is 2.19. The molecule has 0 bridgehead atoms. The second kappa shape index (κ2) is 4.83. The van der Waals surface area contributed by atoms with Crippen LogP contribution < -0.4 is 10.5 Å². The SMILES string of the molecule is CCC(C)(C)Oc1ccc([C@H](C)N)cc1F. The maximum Gasteiger partial charge on any atom is 0.165 e. The largest absolute Gasteiger partial charge is 0.485 e. The van der Waals surface area contributed by atoms with Gasteiger partial charge in [0, 0.05) is 6.04 Å². The van der Waals surface area contributed by atoms with Crippen LogP contribution in [0.4, 0.5) is 4.39 Å². The number of ether oxygens (including phenoxy) is 1. The summed E-state index contributed by atoms with van der Waals surface area (Å²) in [6.45, 7) is 7.71. The molecule has 90 valence electrons. The summed E-state index contributed by atoms with van der Waals surface area (Å²) in [7, 11) is 0. The van der Waals surface area contributed by atoms with Crippen molar-refractivity contribution in [1.29, 1.82) is 0 Å². The first-order valence-electron chi connectivity index (χ1n) is 5.60. The molecule has 0 aliphatic rings. The molecule has 3 heteroatoms. The fraction of sp³-hybridized carbons (Fsp3) is 0.538. The highest BCUT2D eigenvalue weighted by molar-refractivity contribution is 5.31. The zero-order valence-electron chi connectivity index (χ0n) is 10.4. The molecule has 0 aliphatic heterocycles. The highest BCUT2D eigenvalue weighted by Crippen LogP contribution is 2.26. The van der Waals surface area contributed by atoms with Gasteiger partial charge in [0.15, 0.2) is 11.6 Å². The molecule has 0 aliphatic carbocycles. The lowest BCUT2D eigenvalue weighted by molar-refractivity contribution is 0.0994. The molecule has 16 heavy (non-hydrogen) atoms. The Morgan fingerprint density at radius 2 is 2.06 bits per heavy atom. The lowest BCUT2D eigenvalue weighted by Crippen LogP contribution is -2.27. The van der Waals surface area contributed by atoms with Crippen molar-refractivity contribution < 1.29 is 9.13 Å². The molecule has 0 fully saturated rings. The Bertz CT molecular complexity index is 361. The molecule has 1 atom stereocenters. The first kappa shape index (κ1) is 13.0. The van der Waals surface area contributed by atoms with E-state index < -0.39 is 0 Å². The zero-order valence-corrected chi connectivity index (χ0v) is 10.4. The number of rotatable bonds is 4. The van der Waals surface area contributed by atoms with Crippen LogP contribution >= 0.6 is 0 Å². The van der Waals surface area contributed by atoms with Crippen LogP contribution in [0.5, 0.6) is 5.75 Å². The topological polar surface area (TPSA) is 35.2 Å². The van der Waals surface area contributed by atoms with Crippen molar-refractivity contribution >= 4 is 0 Å². The minimum absolute atomic E-state index is 0.164. The van der Waals surface area contributed by atoms with Gasteiger partial charge in [-0.05, 0) is 44.9 Å². The Morgan fingerprint density at radius 3 is 2.50 bits per heavy atom. The molecule has 1 rings (SSSR count). The van der Waals surface area contributed by atoms with Crippen LogP contribution in [0.2, 0.25) is 0 Å². The van der Waals surface area contributed by atoms with Gasteiger partial charge in [0.1, 0.15) is 5.60 Å². The predicted octanol–water partition coefficient (Wildman–Crippen LogP) is 3.41. The lowest BCUT2D eigenvalue weighted by atomic mass is 10.1. The van der Waals surface area contributed by atoms with Gasteiger partial charge in [-0.15, -0.1) is 0 Å². The van der Waals surface area contributed by atoms with Gasteiger partial charge in [-0.1, -0.05) is 13.0 Å². The molecular formula is C13H20FNO. The van der Waals surface area contributed by atoms with Gasteiger partial charge in [-0.2, -0.15) is 0 Å². The van der Waals surface area contributed by atoms with Gasteiger partial charge in [-0.3, -0.25) is 0 Å². The van der Waals surface area contributed by atoms with Crippen LogP contribution in [-0.2, 0) is 0 Å². The minimum atomic E-state index is -0.351. The maximum atomic E-state index is 13.7. The summed E-state index contributed by atoms with van der Waals surface area (Å²) in [5.74, 6) is -0.0624. The van der Waals surface area contributed by atoms with Gasteiger partial charge >= 0.3 is 0 Å². The van der Waals surface area contributed by atoms with E-state index in [9.17, 15) is 4.39 Å². The number of hydrogen-bond acceptors (Lipinski definition) is 2. The molecule has 0 heterocycles. The summed E-state index contributed by atoms with van der Waals surface area (Å²) in [6.07, 6.45) is 0.821. The number of benzene rings is 1. The highest BCUT2D eigenvalue weighted by atomic mass is 19.1. The quantitative estimate of drug-likeness (QED) is 0.852. The number of hydrogen-bond donors (Lipinski definition) is 1. The van der Waals surface area contributed by atoms with E-state index in [4.69, 9.17) is 10.5 Å². The molecule has 0 aromatic heterocycles. The van der Waals surface area contributed by atoms with Crippen molar-refractivity contribution in [2.24, 2.45) is 5.73 Å². The Morgan fingerprint density at radius 1 is 1.44 bits per heavy atom. The molecule has 1 aromatic rings. The number of nitrogens with two attached hydrogens (primary N) is 1. The van der Waals surface area contributed by atoms with E-state index in [2.05, 4.69) is 0 Å². The average Bonchev–Trinajstić information content (AvgIpc) is 2.20. The van der Waals surface area contributed by atoms with Gasteiger partial charge in [0.05, 0.1) is 0 Å². The molecule has 2 nitrogen and oxygen atoms in total. The Labute approximate surface area is 96.6 Å². The van der Waals surface area contributed by atoms with Crippen LogP contribution in [0, 0.1) is 5.82 Å². The summed E-state index contributed by atoms with van der Waals surface area (Å²) in [5.41, 5.74) is 6.11. The molecular weight excluding hydrogens is 205 g/mol. The van der Waals surface area contributed by atoms with Gasteiger partial charge in [0.2, 0.25) is 0 Å². The van der Waals surface area contributed by atoms with Crippen molar-refractivity contribution in [1.82, 2.24) is 0 Å². The van der Waals surface area contributed by atoms with Crippen molar-refractivity contribution in [2.45, 2.75) is 45.8 Å². The Kier molecular flexibility index (Phi) is 3.92. The molecule has 0 spiro atoms. The lowest BCUT2D eigenvalue weighted by Gasteiger charge is -2.25. The van der Waals surface area contributed by atoms with E-state index >= 15 is 0 Å². The second-order valence-corrected chi connectivity index (χ2v) is 4.69. The summed E-state index contributed by atoms with van der Waals surface area (Å²) < 4.78 is 19.3. The first-order valence-corrected chi connectivity index (χ1v) is 5.60. The summed E-state index contributed by atoms with van der Waals surface area (Å²) >= 11 is 0. The third-order valence-electron chi connectivity index (χ3n) is 2.72. The third kappa shape index (κ3) is 3.20. The Balaban J connectivity index is 2.91. The van der Waals surface area contributed by atoms with Crippen LogP contribution in [0.15, 0.2) is 18.2 Å². The van der Waals surface area contributed by atoms with Crippen LogP contribution in [-0.4, -0.2) is 5.60 Å². The molecule has 0 saturated carbocycles. The standard InChI is InChI=1S/C13H20FNO/c1-5-13(3,4)16-12-7-6-10(9(2)15)8-11(12)14/h6-9H,5,15H2,1-4H3/t9-/m0/s1. The monoisotopic (exact) mass is 225 g/mol. The van der Waals surface area contributed by atoms with Crippen LogP contribution in [0.1, 0.15) is 45.7 Å². The third-order valence-corrected chi connectivity index (χ3v) is 2.72. The normalized spacial score (nSPS) is 13.6. The fourth-order valence-corrected chi connectivity index (χ4v) is 1.25. The van der Waals surface area contributed by atoms with Crippen molar-refractivity contribution in [2.75, 3.05) is 0 Å². The molecule has 0 unspecified atom stereocenters. The summed E-state index contributed by atoms with van der Waals surface area (Å²) in [6, 6.07) is 4.72. The molecule has 2 N–H and O–H groups in total. The van der Waals surface area contributed by atoms with Gasteiger partial charge in [-0.25, -0.2) is 4.39 Å². The fourth-order valence-electron chi connectivity index (χ4n) is 1.25. The summed E-state index contributed by atoms with van der Waals surface area (Å²) in [4.78, 5) is 0. The zero-order chi connectivity index (χ0) is 12.3. The van der Waals surface area contributed by atoms with E-state index in [1.54, 1.807) is 12.1 Å². The maximum absolute atomic E-state index is 13.7. The number of halogens is 1. The molecule has 0 amide bonds. The molecule has 0 saturated heterocycles. The van der Waals surface area contributed by atoms with E-state index in [0.717, 1.165) is 12.0 Å². The van der Waals surface area contributed by atoms with E-state index in [1.807, 2.05) is 27.7 Å². The van der Waals surface area contributed by atoms with E-state index in [1.165, 1.54) is 6.07 Å². The molecule has 1 aromatic carbocycles. The van der Waals surface area contributed by atoms with Gasteiger partial charge in [0.25, 0.3) is 0 Å². The average molecular weight is 225 g/mol.